The summed E-state index contributed by atoms with van der Waals surface area (Å²) in [5.74, 6) is -2.53. The van der Waals surface area contributed by atoms with Crippen molar-refractivity contribution in [3.05, 3.63) is 63.6 Å². The van der Waals surface area contributed by atoms with Crippen LogP contribution >= 0.6 is 15.9 Å². The molecular formula is C14H10BrF2NO2. The summed E-state index contributed by atoms with van der Waals surface area (Å²) in [6.45, 7) is -0.155. The first kappa shape index (κ1) is 14.5. The Balaban J connectivity index is 2.08. The molecule has 0 saturated heterocycles. The van der Waals surface area contributed by atoms with Gasteiger partial charge in [0.25, 0.3) is 0 Å². The average Bonchev–Trinajstić information content (AvgIpc) is 2.42. The molecule has 20 heavy (non-hydrogen) atoms. The fourth-order valence-corrected chi connectivity index (χ4v) is 1.96. The smallest absolute Gasteiger partial charge is 0.339 e. The lowest BCUT2D eigenvalue weighted by atomic mass is 10.2. The Morgan fingerprint density at radius 3 is 2.60 bits per heavy atom. The summed E-state index contributed by atoms with van der Waals surface area (Å²) in [4.78, 5) is 11.9. The van der Waals surface area contributed by atoms with Crippen LogP contribution in [0.15, 0.2) is 40.9 Å². The Hall–Kier alpha value is -1.95. The molecule has 6 heteroatoms. The SMILES string of the molecule is Nc1ccc(Br)c(C(=O)OCc2ccc(F)c(F)c2)c1. The number of hydrogen-bond donors (Lipinski definition) is 1. The van der Waals surface area contributed by atoms with E-state index >= 15 is 0 Å². The van der Waals surface area contributed by atoms with Crippen molar-refractivity contribution >= 4 is 27.6 Å². The maximum Gasteiger partial charge on any atom is 0.339 e. The zero-order valence-corrected chi connectivity index (χ0v) is 11.8. The molecule has 0 fully saturated rings. The Labute approximate surface area is 122 Å². The molecule has 2 N–H and O–H groups in total. The first-order chi connectivity index (χ1) is 9.47. The number of nitrogen functional groups attached to an aromatic ring is 1. The van der Waals surface area contributed by atoms with Crippen molar-refractivity contribution < 1.29 is 18.3 Å². The number of esters is 1. The Bertz CT molecular complexity index is 662. The van der Waals surface area contributed by atoms with Crippen molar-refractivity contribution in [2.45, 2.75) is 6.61 Å². The lowest BCUT2D eigenvalue weighted by molar-refractivity contribution is 0.0471. The topological polar surface area (TPSA) is 52.3 Å². The normalized spacial score (nSPS) is 10.3. The van der Waals surface area contributed by atoms with E-state index in [1.807, 2.05) is 0 Å². The standard InChI is InChI=1S/C14H10BrF2NO2/c15-11-3-2-9(18)6-10(11)14(19)20-7-8-1-4-12(16)13(17)5-8/h1-6H,7,18H2. The quantitative estimate of drug-likeness (QED) is 0.684. The van der Waals surface area contributed by atoms with Gasteiger partial charge in [-0.2, -0.15) is 0 Å². The summed E-state index contributed by atoms with van der Waals surface area (Å²) in [6.07, 6.45) is 0. The molecule has 0 bridgehead atoms. The lowest BCUT2D eigenvalue weighted by Crippen LogP contribution is -2.07. The van der Waals surface area contributed by atoms with E-state index in [-0.39, 0.29) is 12.2 Å². The molecule has 104 valence electrons. The van der Waals surface area contributed by atoms with Gasteiger partial charge in [0.2, 0.25) is 0 Å². The van der Waals surface area contributed by atoms with E-state index in [1.165, 1.54) is 12.1 Å². The van der Waals surface area contributed by atoms with Crippen LogP contribution in [0.1, 0.15) is 15.9 Å². The molecule has 2 aromatic rings. The molecule has 0 radical (unpaired) electrons. The summed E-state index contributed by atoms with van der Waals surface area (Å²) >= 11 is 3.21. The van der Waals surface area contributed by atoms with Crippen LogP contribution in [0.2, 0.25) is 0 Å². The molecule has 0 heterocycles. The Morgan fingerprint density at radius 1 is 1.15 bits per heavy atom. The minimum absolute atomic E-state index is 0.155. The second-order valence-electron chi connectivity index (χ2n) is 4.06. The molecule has 2 rings (SSSR count). The molecule has 0 amide bonds. The second kappa shape index (κ2) is 6.00. The first-order valence-electron chi connectivity index (χ1n) is 5.63. The highest BCUT2D eigenvalue weighted by molar-refractivity contribution is 9.10. The highest BCUT2D eigenvalue weighted by atomic mass is 79.9. The largest absolute Gasteiger partial charge is 0.457 e. The van der Waals surface area contributed by atoms with E-state index < -0.39 is 17.6 Å². The molecule has 0 aliphatic heterocycles. The van der Waals surface area contributed by atoms with Gasteiger partial charge >= 0.3 is 5.97 Å². The lowest BCUT2D eigenvalue weighted by Gasteiger charge is -2.07. The zero-order chi connectivity index (χ0) is 14.7. The van der Waals surface area contributed by atoms with Gasteiger partial charge in [0.05, 0.1) is 5.56 Å². The van der Waals surface area contributed by atoms with Crippen LogP contribution in [0.3, 0.4) is 0 Å². The van der Waals surface area contributed by atoms with Gasteiger partial charge in [0.15, 0.2) is 11.6 Å². The van der Waals surface area contributed by atoms with Crippen molar-refractivity contribution in [3.63, 3.8) is 0 Å². The van der Waals surface area contributed by atoms with E-state index in [9.17, 15) is 13.6 Å². The number of rotatable bonds is 3. The molecule has 3 nitrogen and oxygen atoms in total. The van der Waals surface area contributed by atoms with Gasteiger partial charge in [0, 0.05) is 10.2 Å². The molecule has 0 aliphatic carbocycles. The monoisotopic (exact) mass is 341 g/mol. The van der Waals surface area contributed by atoms with Crippen LogP contribution in [0.25, 0.3) is 0 Å². The van der Waals surface area contributed by atoms with E-state index in [0.29, 0.717) is 15.7 Å². The van der Waals surface area contributed by atoms with Crippen molar-refractivity contribution in [1.82, 2.24) is 0 Å². The highest BCUT2D eigenvalue weighted by Gasteiger charge is 2.12. The minimum Gasteiger partial charge on any atom is -0.457 e. The van der Waals surface area contributed by atoms with Crippen LogP contribution in [-0.2, 0) is 11.3 Å². The van der Waals surface area contributed by atoms with Gasteiger partial charge in [0.1, 0.15) is 6.61 Å². The molecule has 0 aromatic heterocycles. The van der Waals surface area contributed by atoms with E-state index in [1.54, 1.807) is 12.1 Å². The molecule has 0 saturated carbocycles. The number of hydrogen-bond acceptors (Lipinski definition) is 3. The van der Waals surface area contributed by atoms with Gasteiger partial charge in [-0.15, -0.1) is 0 Å². The minimum atomic E-state index is -0.983. The Morgan fingerprint density at radius 2 is 1.90 bits per heavy atom. The van der Waals surface area contributed by atoms with Gasteiger partial charge in [-0.25, -0.2) is 13.6 Å². The number of carbonyl (C=O) groups excluding carboxylic acids is 1. The van der Waals surface area contributed by atoms with E-state index in [4.69, 9.17) is 10.5 Å². The molecule has 0 spiro atoms. The van der Waals surface area contributed by atoms with Crippen molar-refractivity contribution in [2.24, 2.45) is 0 Å². The van der Waals surface area contributed by atoms with Crippen LogP contribution in [0, 0.1) is 11.6 Å². The van der Waals surface area contributed by atoms with Crippen LogP contribution in [0.5, 0.6) is 0 Å². The number of ether oxygens (including phenoxy) is 1. The first-order valence-corrected chi connectivity index (χ1v) is 6.43. The third-order valence-electron chi connectivity index (χ3n) is 2.56. The predicted octanol–water partition coefficient (Wildman–Crippen LogP) is 3.67. The summed E-state index contributed by atoms with van der Waals surface area (Å²) < 4.78 is 31.3. The average molecular weight is 342 g/mol. The van der Waals surface area contributed by atoms with Crippen molar-refractivity contribution in [2.75, 3.05) is 5.73 Å². The van der Waals surface area contributed by atoms with Gasteiger partial charge in [-0.05, 0) is 51.8 Å². The maximum atomic E-state index is 13.0. The molecule has 0 atom stereocenters. The predicted molar refractivity (Wildman–Crippen MR) is 74.0 cm³/mol. The number of halogens is 3. The number of nitrogens with two attached hydrogens (primary N) is 1. The van der Waals surface area contributed by atoms with Gasteiger partial charge in [-0.3, -0.25) is 0 Å². The van der Waals surface area contributed by atoms with Crippen LogP contribution in [-0.4, -0.2) is 5.97 Å². The molecule has 0 aliphatic rings. The molecule has 0 unspecified atom stereocenters. The van der Waals surface area contributed by atoms with Gasteiger partial charge in [-0.1, -0.05) is 6.07 Å². The molecular weight excluding hydrogens is 332 g/mol. The highest BCUT2D eigenvalue weighted by Crippen LogP contribution is 2.21. The summed E-state index contributed by atoms with van der Waals surface area (Å²) in [5, 5.41) is 0. The summed E-state index contributed by atoms with van der Waals surface area (Å²) in [5.41, 5.74) is 6.64. The second-order valence-corrected chi connectivity index (χ2v) is 4.92. The summed E-state index contributed by atoms with van der Waals surface area (Å²) in [6, 6.07) is 8.05. The fraction of sp³-hybridized carbons (Fsp3) is 0.0714. The van der Waals surface area contributed by atoms with E-state index in [0.717, 1.165) is 12.1 Å². The summed E-state index contributed by atoms with van der Waals surface area (Å²) in [7, 11) is 0. The maximum absolute atomic E-state index is 13.0. The third kappa shape index (κ3) is 3.33. The fourth-order valence-electron chi connectivity index (χ4n) is 1.56. The zero-order valence-electron chi connectivity index (χ0n) is 10.2. The number of benzene rings is 2. The Kier molecular flexibility index (Phi) is 4.34. The van der Waals surface area contributed by atoms with E-state index in [2.05, 4.69) is 15.9 Å². The molecule has 2 aromatic carbocycles. The number of carbonyl (C=O) groups is 1. The van der Waals surface area contributed by atoms with Gasteiger partial charge < -0.3 is 10.5 Å². The third-order valence-corrected chi connectivity index (χ3v) is 3.26. The van der Waals surface area contributed by atoms with Crippen LogP contribution < -0.4 is 5.73 Å². The number of anilines is 1. The van der Waals surface area contributed by atoms with Crippen molar-refractivity contribution in [3.8, 4) is 0 Å². The van der Waals surface area contributed by atoms with Crippen molar-refractivity contribution in [1.29, 1.82) is 0 Å². The van der Waals surface area contributed by atoms with Crippen LogP contribution in [0.4, 0.5) is 14.5 Å².